The summed E-state index contributed by atoms with van der Waals surface area (Å²) in [6.45, 7) is 3.72. The van der Waals surface area contributed by atoms with E-state index in [0.717, 1.165) is 5.56 Å². The molecular formula is C24H37N5O6S. The molecule has 0 saturated carbocycles. The molecule has 200 valence electrons. The molecule has 0 fully saturated rings. The molecule has 0 radical (unpaired) electrons. The Morgan fingerprint density at radius 2 is 1.47 bits per heavy atom. The van der Waals surface area contributed by atoms with Crippen LogP contribution >= 0.6 is 11.8 Å². The van der Waals surface area contributed by atoms with Gasteiger partial charge in [-0.3, -0.25) is 19.2 Å². The summed E-state index contributed by atoms with van der Waals surface area (Å²) in [5, 5.41) is 17.3. The number of carbonyl (C=O) groups is 5. The Balaban J connectivity index is 2.98. The summed E-state index contributed by atoms with van der Waals surface area (Å²) in [6, 6.07) is 4.44. The predicted molar refractivity (Wildman–Crippen MR) is 138 cm³/mol. The summed E-state index contributed by atoms with van der Waals surface area (Å²) < 4.78 is 0. The highest BCUT2D eigenvalue weighted by atomic mass is 32.2. The van der Waals surface area contributed by atoms with Gasteiger partial charge in [0.2, 0.25) is 23.6 Å². The van der Waals surface area contributed by atoms with Crippen molar-refractivity contribution in [3.05, 3.63) is 35.9 Å². The molecule has 0 heterocycles. The predicted octanol–water partition coefficient (Wildman–Crippen LogP) is -0.230. The Labute approximate surface area is 215 Å². The molecule has 11 nitrogen and oxygen atoms in total. The maximum absolute atomic E-state index is 13.1. The molecule has 0 spiro atoms. The van der Waals surface area contributed by atoms with Gasteiger partial charge >= 0.3 is 5.97 Å². The molecule has 4 unspecified atom stereocenters. The summed E-state index contributed by atoms with van der Waals surface area (Å²) in [5.74, 6) is -3.38. The van der Waals surface area contributed by atoms with Gasteiger partial charge in [0, 0.05) is 6.42 Å². The number of thioether (sulfide) groups is 1. The van der Waals surface area contributed by atoms with Crippen LogP contribution in [-0.4, -0.2) is 70.9 Å². The number of amides is 4. The fraction of sp³-hybridized carbons (Fsp3) is 0.542. The summed E-state index contributed by atoms with van der Waals surface area (Å²) in [4.78, 5) is 61.4. The minimum absolute atomic E-state index is 0.00155. The number of carbonyl (C=O) groups excluding carboxylic acids is 4. The van der Waals surface area contributed by atoms with Crippen molar-refractivity contribution in [3.63, 3.8) is 0 Å². The van der Waals surface area contributed by atoms with Crippen molar-refractivity contribution >= 4 is 41.4 Å². The fourth-order valence-corrected chi connectivity index (χ4v) is 3.86. The van der Waals surface area contributed by atoms with E-state index in [1.807, 2.05) is 20.1 Å². The van der Waals surface area contributed by atoms with Crippen LogP contribution in [0, 0.1) is 5.92 Å². The van der Waals surface area contributed by atoms with Gasteiger partial charge < -0.3 is 32.5 Å². The van der Waals surface area contributed by atoms with Crippen LogP contribution in [0.4, 0.5) is 0 Å². The maximum Gasteiger partial charge on any atom is 0.326 e. The molecule has 0 saturated heterocycles. The van der Waals surface area contributed by atoms with E-state index < -0.39 is 53.8 Å². The number of nitrogens with one attached hydrogen (secondary N) is 3. The zero-order valence-electron chi connectivity index (χ0n) is 20.9. The topological polar surface area (TPSA) is 194 Å². The number of hydrogen-bond acceptors (Lipinski definition) is 7. The number of benzene rings is 1. The third kappa shape index (κ3) is 11.5. The van der Waals surface area contributed by atoms with Gasteiger partial charge in [-0.25, -0.2) is 4.79 Å². The van der Waals surface area contributed by atoms with E-state index in [9.17, 15) is 29.1 Å². The van der Waals surface area contributed by atoms with Crippen molar-refractivity contribution in [3.8, 4) is 0 Å². The lowest BCUT2D eigenvalue weighted by Gasteiger charge is -2.26. The molecule has 0 aliphatic carbocycles. The van der Waals surface area contributed by atoms with E-state index in [1.54, 1.807) is 30.3 Å². The van der Waals surface area contributed by atoms with Gasteiger partial charge in [-0.05, 0) is 36.3 Å². The largest absolute Gasteiger partial charge is 0.480 e. The highest BCUT2D eigenvalue weighted by Crippen LogP contribution is 2.10. The van der Waals surface area contributed by atoms with Crippen LogP contribution in [0.5, 0.6) is 0 Å². The van der Waals surface area contributed by atoms with Crippen LogP contribution in [0.25, 0.3) is 0 Å². The van der Waals surface area contributed by atoms with E-state index >= 15 is 0 Å². The monoisotopic (exact) mass is 523 g/mol. The summed E-state index contributed by atoms with van der Waals surface area (Å²) in [6.07, 6.45) is 2.04. The van der Waals surface area contributed by atoms with E-state index in [-0.39, 0.29) is 31.6 Å². The fourth-order valence-electron chi connectivity index (χ4n) is 3.39. The first-order valence-electron chi connectivity index (χ1n) is 11.6. The Hall–Kier alpha value is -3.12. The van der Waals surface area contributed by atoms with Gasteiger partial charge in [0.05, 0.1) is 12.5 Å². The minimum Gasteiger partial charge on any atom is -0.480 e. The third-order valence-corrected chi connectivity index (χ3v) is 5.88. The molecule has 1 aromatic carbocycles. The molecule has 4 amide bonds. The first-order chi connectivity index (χ1) is 16.9. The van der Waals surface area contributed by atoms with Gasteiger partial charge in [-0.1, -0.05) is 44.2 Å². The van der Waals surface area contributed by atoms with Gasteiger partial charge in [-0.15, -0.1) is 0 Å². The van der Waals surface area contributed by atoms with Crippen LogP contribution in [0.3, 0.4) is 0 Å². The minimum atomic E-state index is -1.21. The number of aliphatic carboxylic acids is 1. The highest BCUT2D eigenvalue weighted by molar-refractivity contribution is 7.98. The number of nitrogens with two attached hydrogens (primary N) is 2. The number of primary amides is 1. The number of carboxylic acids is 1. The Morgan fingerprint density at radius 3 is 2.00 bits per heavy atom. The zero-order valence-corrected chi connectivity index (χ0v) is 21.7. The summed E-state index contributed by atoms with van der Waals surface area (Å²) in [5.41, 5.74) is 11.5. The molecule has 4 atom stereocenters. The van der Waals surface area contributed by atoms with Crippen LogP contribution in [0.1, 0.15) is 38.7 Å². The van der Waals surface area contributed by atoms with Crippen LogP contribution in [-0.2, 0) is 30.4 Å². The lowest BCUT2D eigenvalue weighted by Crippen LogP contribution is -2.57. The highest BCUT2D eigenvalue weighted by Gasteiger charge is 2.31. The molecule has 12 heteroatoms. The SMILES string of the molecule is CSCCC(NC(=O)C(N)CC(N)=O)C(=O)NC(CC(C)C)C(=O)NC(Cc1ccccc1)C(=O)O. The Morgan fingerprint density at radius 1 is 0.917 bits per heavy atom. The van der Waals surface area contributed by atoms with Crippen molar-refractivity contribution in [1.29, 1.82) is 0 Å². The van der Waals surface area contributed by atoms with Crippen molar-refractivity contribution < 1.29 is 29.1 Å². The van der Waals surface area contributed by atoms with Crippen LogP contribution < -0.4 is 27.4 Å². The number of rotatable bonds is 16. The van der Waals surface area contributed by atoms with Gasteiger partial charge in [-0.2, -0.15) is 11.8 Å². The van der Waals surface area contributed by atoms with Gasteiger partial charge in [0.25, 0.3) is 0 Å². The molecule has 0 aliphatic rings. The molecule has 1 rings (SSSR count). The first kappa shape index (κ1) is 30.9. The molecule has 36 heavy (non-hydrogen) atoms. The van der Waals surface area contributed by atoms with Crippen LogP contribution in [0.15, 0.2) is 30.3 Å². The second kappa shape index (κ2) is 15.8. The van der Waals surface area contributed by atoms with Gasteiger partial charge in [0.15, 0.2) is 0 Å². The van der Waals surface area contributed by atoms with Crippen LogP contribution in [0.2, 0.25) is 0 Å². The summed E-state index contributed by atoms with van der Waals surface area (Å²) >= 11 is 1.46. The van der Waals surface area contributed by atoms with Gasteiger partial charge in [0.1, 0.15) is 18.1 Å². The molecular weight excluding hydrogens is 486 g/mol. The first-order valence-corrected chi connectivity index (χ1v) is 13.0. The Kier molecular flexibility index (Phi) is 13.6. The van der Waals surface area contributed by atoms with Crippen molar-refractivity contribution in [2.45, 2.75) is 63.7 Å². The van der Waals surface area contributed by atoms with Crippen molar-refractivity contribution in [2.75, 3.05) is 12.0 Å². The van der Waals surface area contributed by atoms with E-state index in [1.165, 1.54) is 11.8 Å². The van der Waals surface area contributed by atoms with Crippen molar-refractivity contribution in [1.82, 2.24) is 16.0 Å². The third-order valence-electron chi connectivity index (χ3n) is 5.24. The maximum atomic E-state index is 13.1. The van der Waals surface area contributed by atoms with Crippen molar-refractivity contribution in [2.24, 2.45) is 17.4 Å². The zero-order chi connectivity index (χ0) is 27.3. The molecule has 0 aromatic heterocycles. The van der Waals surface area contributed by atoms with E-state index in [0.29, 0.717) is 5.75 Å². The lowest BCUT2D eigenvalue weighted by atomic mass is 10.0. The van der Waals surface area contributed by atoms with E-state index in [2.05, 4.69) is 16.0 Å². The molecule has 0 bridgehead atoms. The second-order valence-electron chi connectivity index (χ2n) is 8.90. The quantitative estimate of drug-likeness (QED) is 0.171. The molecule has 0 aliphatic heterocycles. The standard InChI is InChI=1S/C24H37N5O6S/c1-14(2)11-18(23(33)29-19(24(34)35)12-15-7-5-4-6-8-15)28-22(32)17(9-10-36-3)27-21(31)16(25)13-20(26)30/h4-8,14,16-19H,9-13,25H2,1-3H3,(H2,26,30)(H,27,31)(H,28,32)(H,29,33)(H,34,35). The smallest absolute Gasteiger partial charge is 0.326 e. The lowest BCUT2D eigenvalue weighted by molar-refractivity contribution is -0.142. The Bertz CT molecular complexity index is 898. The number of carboxylic acid groups (broad SMARTS) is 1. The average molecular weight is 524 g/mol. The second-order valence-corrected chi connectivity index (χ2v) is 9.89. The number of hydrogen-bond donors (Lipinski definition) is 6. The average Bonchev–Trinajstić information content (AvgIpc) is 2.80. The van der Waals surface area contributed by atoms with E-state index in [4.69, 9.17) is 11.5 Å². The summed E-state index contributed by atoms with van der Waals surface area (Å²) in [7, 11) is 0. The molecule has 8 N–H and O–H groups in total. The normalized spacial score (nSPS) is 14.2. The molecule has 1 aromatic rings.